The molecule has 1 N–H and O–H groups in total. The Labute approximate surface area is 122 Å². The number of benzene rings is 2. The third kappa shape index (κ3) is 2.17. The summed E-state index contributed by atoms with van der Waals surface area (Å²) in [5, 5.41) is 11.7. The summed E-state index contributed by atoms with van der Waals surface area (Å²) in [6, 6.07) is 13.6. The van der Waals surface area contributed by atoms with Gasteiger partial charge in [0.25, 0.3) is 0 Å². The number of rotatable bonds is 2. The molecule has 1 amide bonds. The molecule has 1 aliphatic rings. The van der Waals surface area contributed by atoms with Crippen molar-refractivity contribution in [2.24, 2.45) is 0 Å². The fourth-order valence-electron chi connectivity index (χ4n) is 2.82. The normalized spacial score (nSPS) is 19.8. The van der Waals surface area contributed by atoms with Crippen molar-refractivity contribution < 1.29 is 9.18 Å². The Balaban J connectivity index is 2.01. The van der Waals surface area contributed by atoms with Gasteiger partial charge in [-0.2, -0.15) is 5.26 Å². The maximum absolute atomic E-state index is 13.3. The van der Waals surface area contributed by atoms with E-state index in [2.05, 4.69) is 11.4 Å². The van der Waals surface area contributed by atoms with Crippen molar-refractivity contribution in [2.75, 3.05) is 5.32 Å². The number of hydrogen-bond acceptors (Lipinski definition) is 2. The molecule has 1 atom stereocenters. The van der Waals surface area contributed by atoms with Crippen LogP contribution in [0.25, 0.3) is 0 Å². The molecule has 2 aromatic rings. The summed E-state index contributed by atoms with van der Waals surface area (Å²) in [5.41, 5.74) is 2.03. The van der Waals surface area contributed by atoms with Gasteiger partial charge in [0.15, 0.2) is 0 Å². The molecule has 1 unspecified atom stereocenters. The van der Waals surface area contributed by atoms with E-state index in [4.69, 9.17) is 5.26 Å². The zero-order valence-electron chi connectivity index (χ0n) is 11.5. The van der Waals surface area contributed by atoms with Crippen LogP contribution in [0.3, 0.4) is 0 Å². The maximum atomic E-state index is 13.3. The van der Waals surface area contributed by atoms with Crippen LogP contribution in [0.2, 0.25) is 0 Å². The second-order valence-electron chi connectivity index (χ2n) is 5.47. The first kappa shape index (κ1) is 13.3. The lowest BCUT2D eigenvalue weighted by Gasteiger charge is -2.22. The lowest BCUT2D eigenvalue weighted by Crippen LogP contribution is -2.33. The highest BCUT2D eigenvalue weighted by atomic mass is 19.1. The summed E-state index contributed by atoms with van der Waals surface area (Å²) in [6.07, 6.45) is 0.465. The Hall–Kier alpha value is -2.67. The van der Waals surface area contributed by atoms with Gasteiger partial charge in [0, 0.05) is 5.69 Å². The van der Waals surface area contributed by atoms with Crippen LogP contribution in [0.1, 0.15) is 23.6 Å². The number of carbonyl (C=O) groups is 1. The number of carbonyl (C=O) groups excluding carboxylic acids is 1. The SMILES string of the molecule is CC1(Cc2cccc(C#N)c2)C(=O)Nc2cc(F)ccc21. The van der Waals surface area contributed by atoms with Crippen LogP contribution < -0.4 is 5.32 Å². The quantitative estimate of drug-likeness (QED) is 0.918. The average molecular weight is 280 g/mol. The number of nitrogens with zero attached hydrogens (tertiary/aromatic N) is 1. The highest BCUT2D eigenvalue weighted by Crippen LogP contribution is 2.40. The van der Waals surface area contributed by atoms with Crippen LogP contribution >= 0.6 is 0 Å². The van der Waals surface area contributed by atoms with E-state index in [1.807, 2.05) is 13.0 Å². The van der Waals surface area contributed by atoms with E-state index >= 15 is 0 Å². The fourth-order valence-corrected chi connectivity index (χ4v) is 2.82. The number of nitriles is 1. The lowest BCUT2D eigenvalue weighted by molar-refractivity contribution is -0.120. The van der Waals surface area contributed by atoms with Gasteiger partial charge in [0.2, 0.25) is 5.91 Å². The predicted octanol–water partition coefficient (Wildman–Crippen LogP) is 3.15. The van der Waals surface area contributed by atoms with E-state index in [1.165, 1.54) is 12.1 Å². The average Bonchev–Trinajstić information content (AvgIpc) is 2.70. The number of nitrogens with one attached hydrogen (secondary N) is 1. The van der Waals surface area contributed by atoms with Crippen molar-refractivity contribution in [3.8, 4) is 6.07 Å². The van der Waals surface area contributed by atoms with Gasteiger partial charge in [-0.05, 0) is 48.7 Å². The molecular formula is C17H13FN2O. The van der Waals surface area contributed by atoms with Crippen molar-refractivity contribution in [1.82, 2.24) is 0 Å². The molecule has 1 heterocycles. The van der Waals surface area contributed by atoms with Crippen LogP contribution in [0, 0.1) is 17.1 Å². The van der Waals surface area contributed by atoms with Crippen molar-refractivity contribution >= 4 is 11.6 Å². The minimum atomic E-state index is -0.753. The number of hydrogen-bond donors (Lipinski definition) is 1. The van der Waals surface area contributed by atoms with E-state index in [0.29, 0.717) is 17.7 Å². The Kier molecular flexibility index (Phi) is 2.99. The molecule has 0 saturated heterocycles. The van der Waals surface area contributed by atoms with Crippen molar-refractivity contribution in [2.45, 2.75) is 18.8 Å². The molecule has 0 spiro atoms. The Bertz CT molecular complexity index is 779. The highest BCUT2D eigenvalue weighted by Gasteiger charge is 2.42. The van der Waals surface area contributed by atoms with Crippen molar-refractivity contribution in [3.05, 3.63) is 65.0 Å². The first-order valence-electron chi connectivity index (χ1n) is 6.63. The van der Waals surface area contributed by atoms with E-state index in [-0.39, 0.29) is 11.7 Å². The second kappa shape index (κ2) is 4.71. The van der Waals surface area contributed by atoms with Gasteiger partial charge in [-0.1, -0.05) is 18.2 Å². The standard InChI is InChI=1S/C17H13FN2O/c1-17(9-11-3-2-4-12(7-11)10-19)14-6-5-13(18)8-15(14)20-16(17)21/h2-8H,9H2,1H3,(H,20,21). The molecule has 104 valence electrons. The zero-order valence-corrected chi connectivity index (χ0v) is 11.5. The van der Waals surface area contributed by atoms with Crippen LogP contribution in [-0.2, 0) is 16.6 Å². The monoisotopic (exact) mass is 280 g/mol. The molecule has 4 heteroatoms. The van der Waals surface area contributed by atoms with Gasteiger partial charge in [0.1, 0.15) is 5.82 Å². The van der Waals surface area contributed by atoms with E-state index in [0.717, 1.165) is 11.1 Å². The van der Waals surface area contributed by atoms with Crippen LogP contribution in [-0.4, -0.2) is 5.91 Å². The van der Waals surface area contributed by atoms with E-state index in [1.54, 1.807) is 24.3 Å². The largest absolute Gasteiger partial charge is 0.325 e. The van der Waals surface area contributed by atoms with Crippen LogP contribution in [0.4, 0.5) is 10.1 Å². The first-order valence-corrected chi connectivity index (χ1v) is 6.63. The summed E-state index contributed by atoms with van der Waals surface area (Å²) in [5.74, 6) is -0.518. The van der Waals surface area contributed by atoms with Gasteiger partial charge >= 0.3 is 0 Å². The van der Waals surface area contributed by atoms with Crippen LogP contribution in [0.5, 0.6) is 0 Å². The van der Waals surface area contributed by atoms with Crippen molar-refractivity contribution in [1.29, 1.82) is 5.26 Å². The third-order valence-electron chi connectivity index (χ3n) is 3.94. The summed E-state index contributed by atoms with van der Waals surface area (Å²) in [4.78, 5) is 12.3. The molecule has 21 heavy (non-hydrogen) atoms. The summed E-state index contributed by atoms with van der Waals surface area (Å²) in [7, 11) is 0. The van der Waals surface area contributed by atoms with Gasteiger partial charge in [0.05, 0.1) is 17.0 Å². The maximum Gasteiger partial charge on any atom is 0.235 e. The van der Waals surface area contributed by atoms with Crippen molar-refractivity contribution in [3.63, 3.8) is 0 Å². The Morgan fingerprint density at radius 1 is 1.29 bits per heavy atom. The molecular weight excluding hydrogens is 267 g/mol. The minimum absolute atomic E-state index is 0.148. The molecule has 0 saturated carbocycles. The molecule has 3 nitrogen and oxygen atoms in total. The number of halogens is 1. The first-order chi connectivity index (χ1) is 10.0. The zero-order chi connectivity index (χ0) is 15.0. The molecule has 0 aliphatic carbocycles. The predicted molar refractivity (Wildman–Crippen MR) is 77.2 cm³/mol. The van der Waals surface area contributed by atoms with Gasteiger partial charge in [-0.3, -0.25) is 4.79 Å². The van der Waals surface area contributed by atoms with Gasteiger partial charge < -0.3 is 5.32 Å². The van der Waals surface area contributed by atoms with Crippen LogP contribution in [0.15, 0.2) is 42.5 Å². The molecule has 0 aromatic heterocycles. The summed E-state index contributed by atoms with van der Waals surface area (Å²) < 4.78 is 13.3. The van der Waals surface area contributed by atoms with Gasteiger partial charge in [-0.15, -0.1) is 0 Å². The Morgan fingerprint density at radius 3 is 2.86 bits per heavy atom. The number of fused-ring (bicyclic) bond motifs is 1. The minimum Gasteiger partial charge on any atom is -0.325 e. The molecule has 0 radical (unpaired) electrons. The molecule has 2 aromatic carbocycles. The number of amides is 1. The highest BCUT2D eigenvalue weighted by molar-refractivity contribution is 6.06. The lowest BCUT2D eigenvalue weighted by atomic mass is 9.78. The second-order valence-corrected chi connectivity index (χ2v) is 5.47. The third-order valence-corrected chi connectivity index (χ3v) is 3.94. The molecule has 3 rings (SSSR count). The van der Waals surface area contributed by atoms with E-state index < -0.39 is 5.41 Å². The molecule has 0 bridgehead atoms. The summed E-state index contributed by atoms with van der Waals surface area (Å²) in [6.45, 7) is 1.84. The summed E-state index contributed by atoms with van der Waals surface area (Å²) >= 11 is 0. The fraction of sp³-hybridized carbons (Fsp3) is 0.176. The molecule has 0 fully saturated rings. The van der Waals surface area contributed by atoms with Gasteiger partial charge in [-0.25, -0.2) is 4.39 Å². The Morgan fingerprint density at radius 2 is 2.10 bits per heavy atom. The smallest absolute Gasteiger partial charge is 0.235 e. The molecule has 1 aliphatic heterocycles. The topological polar surface area (TPSA) is 52.9 Å². The number of anilines is 1. The van der Waals surface area contributed by atoms with E-state index in [9.17, 15) is 9.18 Å².